The fraction of sp³-hybridized carbons (Fsp3) is 0.429. The fourth-order valence-corrected chi connectivity index (χ4v) is 3.61. The van der Waals surface area contributed by atoms with Crippen molar-refractivity contribution in [2.24, 2.45) is 11.8 Å². The lowest BCUT2D eigenvalue weighted by Gasteiger charge is -2.16. The molecule has 2 atom stereocenters. The van der Waals surface area contributed by atoms with E-state index in [1.165, 1.54) is 11.5 Å². The van der Waals surface area contributed by atoms with Gasteiger partial charge in [0.25, 0.3) is 0 Å². The van der Waals surface area contributed by atoms with E-state index in [0.29, 0.717) is 0 Å². The molecule has 1 fully saturated rings. The molecule has 3 rings (SSSR count). The van der Waals surface area contributed by atoms with Gasteiger partial charge in [-0.05, 0) is 42.4 Å². The van der Waals surface area contributed by atoms with Crippen LogP contribution in [0.4, 0.5) is 5.00 Å². The number of carboxylic acids is 1. The Labute approximate surface area is 115 Å². The maximum absolute atomic E-state index is 11.1. The highest BCUT2D eigenvalue weighted by atomic mass is 32.1. The summed E-state index contributed by atoms with van der Waals surface area (Å²) in [5, 5.41) is 14.7. The number of carbonyl (C=O) groups is 1. The summed E-state index contributed by atoms with van der Waals surface area (Å²) in [6, 6.07) is 8.01. The Morgan fingerprint density at radius 2 is 2.26 bits per heavy atom. The van der Waals surface area contributed by atoms with Crippen LogP contribution in [-0.2, 0) is 4.79 Å². The molecular formula is C14H16N2O2S. The molecule has 1 heterocycles. The van der Waals surface area contributed by atoms with Crippen molar-refractivity contribution in [1.82, 2.24) is 4.37 Å². The molecule has 1 aromatic heterocycles. The fourth-order valence-electron chi connectivity index (χ4n) is 2.85. The summed E-state index contributed by atoms with van der Waals surface area (Å²) in [6.45, 7) is 0.725. The Kier molecular flexibility index (Phi) is 3.38. The standard InChI is InChI=1S/C14H16N2O2S/c17-14(18)10-6-3-4-9(10)8-15-13-11-5-1-2-7-12(11)16-19-13/h1-2,5,7,9-10,15H,3-4,6,8H2,(H,17,18). The van der Waals surface area contributed by atoms with Gasteiger partial charge in [-0.1, -0.05) is 18.6 Å². The SMILES string of the molecule is O=C(O)C1CCCC1CNc1snc2ccccc12. The average molecular weight is 276 g/mol. The molecule has 0 saturated heterocycles. The van der Waals surface area contributed by atoms with Crippen LogP contribution in [0.25, 0.3) is 10.9 Å². The van der Waals surface area contributed by atoms with Crippen LogP contribution in [0.1, 0.15) is 19.3 Å². The summed E-state index contributed by atoms with van der Waals surface area (Å²) in [5.41, 5.74) is 0.996. The van der Waals surface area contributed by atoms with E-state index in [1.54, 1.807) is 0 Å². The third kappa shape index (κ3) is 2.42. The molecule has 0 bridgehead atoms. The number of nitrogens with zero attached hydrogens (tertiary/aromatic N) is 1. The van der Waals surface area contributed by atoms with Crippen LogP contribution in [0.5, 0.6) is 0 Å². The highest BCUT2D eigenvalue weighted by Crippen LogP contribution is 2.33. The van der Waals surface area contributed by atoms with E-state index in [-0.39, 0.29) is 11.8 Å². The molecule has 19 heavy (non-hydrogen) atoms. The molecule has 1 saturated carbocycles. The summed E-state index contributed by atoms with van der Waals surface area (Å²) >= 11 is 1.45. The van der Waals surface area contributed by atoms with Gasteiger partial charge in [-0.25, -0.2) is 0 Å². The first-order chi connectivity index (χ1) is 9.25. The van der Waals surface area contributed by atoms with Gasteiger partial charge in [0.15, 0.2) is 0 Å². The molecule has 4 nitrogen and oxygen atoms in total. The molecule has 0 aliphatic heterocycles. The smallest absolute Gasteiger partial charge is 0.306 e. The third-order valence-electron chi connectivity index (χ3n) is 3.89. The summed E-state index contributed by atoms with van der Waals surface area (Å²) in [5.74, 6) is -0.608. The van der Waals surface area contributed by atoms with Crippen molar-refractivity contribution in [3.05, 3.63) is 24.3 Å². The van der Waals surface area contributed by atoms with Gasteiger partial charge in [-0.15, -0.1) is 0 Å². The molecule has 0 radical (unpaired) electrons. The number of anilines is 1. The van der Waals surface area contributed by atoms with Gasteiger partial charge in [0.2, 0.25) is 0 Å². The van der Waals surface area contributed by atoms with E-state index >= 15 is 0 Å². The zero-order valence-electron chi connectivity index (χ0n) is 10.5. The number of rotatable bonds is 4. The lowest BCUT2D eigenvalue weighted by atomic mass is 9.96. The average Bonchev–Trinajstić information content (AvgIpc) is 3.03. The molecular weight excluding hydrogens is 260 g/mol. The first kappa shape index (κ1) is 12.4. The normalized spacial score (nSPS) is 22.7. The minimum Gasteiger partial charge on any atom is -0.481 e. The quantitative estimate of drug-likeness (QED) is 0.900. The van der Waals surface area contributed by atoms with Crippen LogP contribution in [0.15, 0.2) is 24.3 Å². The second-order valence-corrected chi connectivity index (χ2v) is 5.82. The Morgan fingerprint density at radius 3 is 3.11 bits per heavy atom. The van der Waals surface area contributed by atoms with E-state index in [1.807, 2.05) is 24.3 Å². The summed E-state index contributed by atoms with van der Waals surface area (Å²) < 4.78 is 4.38. The first-order valence-corrected chi connectivity index (χ1v) is 7.34. The van der Waals surface area contributed by atoms with Crippen molar-refractivity contribution in [3.63, 3.8) is 0 Å². The Morgan fingerprint density at radius 1 is 1.42 bits per heavy atom. The van der Waals surface area contributed by atoms with Crippen molar-refractivity contribution in [1.29, 1.82) is 0 Å². The molecule has 0 amide bonds. The molecule has 0 spiro atoms. The predicted molar refractivity (Wildman–Crippen MR) is 76.6 cm³/mol. The minimum absolute atomic E-state index is 0.188. The Bertz CT molecular complexity index is 596. The molecule has 1 aromatic carbocycles. The molecule has 1 aliphatic carbocycles. The number of fused-ring (bicyclic) bond motifs is 1. The van der Waals surface area contributed by atoms with Gasteiger partial charge in [0.05, 0.1) is 11.4 Å². The van der Waals surface area contributed by atoms with E-state index < -0.39 is 5.97 Å². The topological polar surface area (TPSA) is 62.2 Å². The van der Waals surface area contributed by atoms with Crippen LogP contribution in [0, 0.1) is 11.8 Å². The molecule has 5 heteroatoms. The number of benzene rings is 1. The van der Waals surface area contributed by atoms with Crippen molar-refractivity contribution in [2.45, 2.75) is 19.3 Å². The van der Waals surface area contributed by atoms with Crippen molar-refractivity contribution < 1.29 is 9.90 Å². The summed E-state index contributed by atoms with van der Waals surface area (Å²) in [6.07, 6.45) is 2.83. The van der Waals surface area contributed by atoms with Crippen LogP contribution in [0.3, 0.4) is 0 Å². The van der Waals surface area contributed by atoms with Gasteiger partial charge in [-0.3, -0.25) is 4.79 Å². The van der Waals surface area contributed by atoms with Crippen LogP contribution in [0.2, 0.25) is 0 Å². The van der Waals surface area contributed by atoms with Gasteiger partial charge in [-0.2, -0.15) is 4.37 Å². The van der Waals surface area contributed by atoms with Gasteiger partial charge >= 0.3 is 5.97 Å². The van der Waals surface area contributed by atoms with Crippen LogP contribution in [-0.4, -0.2) is 22.0 Å². The summed E-state index contributed by atoms with van der Waals surface area (Å²) in [4.78, 5) is 11.1. The van der Waals surface area contributed by atoms with E-state index in [4.69, 9.17) is 0 Å². The van der Waals surface area contributed by atoms with E-state index in [2.05, 4.69) is 9.69 Å². The largest absolute Gasteiger partial charge is 0.481 e. The van der Waals surface area contributed by atoms with E-state index in [0.717, 1.165) is 41.7 Å². The lowest BCUT2D eigenvalue weighted by molar-refractivity contribution is -0.142. The second kappa shape index (κ2) is 5.17. The maximum atomic E-state index is 11.1. The van der Waals surface area contributed by atoms with Crippen LogP contribution < -0.4 is 5.32 Å². The van der Waals surface area contributed by atoms with Crippen molar-refractivity contribution in [2.75, 3.05) is 11.9 Å². The highest BCUT2D eigenvalue weighted by Gasteiger charge is 2.32. The summed E-state index contributed by atoms with van der Waals surface area (Å²) in [7, 11) is 0. The lowest BCUT2D eigenvalue weighted by Crippen LogP contribution is -2.24. The minimum atomic E-state index is -0.654. The molecule has 2 aromatic rings. The van der Waals surface area contributed by atoms with Crippen molar-refractivity contribution >= 4 is 33.4 Å². The maximum Gasteiger partial charge on any atom is 0.306 e. The first-order valence-electron chi connectivity index (χ1n) is 6.57. The van der Waals surface area contributed by atoms with Gasteiger partial charge in [0, 0.05) is 11.9 Å². The second-order valence-electron chi connectivity index (χ2n) is 5.05. The Hall–Kier alpha value is -1.62. The number of aromatic nitrogens is 1. The number of carboxylic acid groups (broad SMARTS) is 1. The van der Waals surface area contributed by atoms with Crippen molar-refractivity contribution in [3.8, 4) is 0 Å². The predicted octanol–water partition coefficient (Wildman–Crippen LogP) is 3.21. The monoisotopic (exact) mass is 276 g/mol. The third-order valence-corrected chi connectivity index (χ3v) is 4.72. The molecule has 2 unspecified atom stereocenters. The number of hydrogen-bond acceptors (Lipinski definition) is 4. The number of nitrogens with one attached hydrogen (secondary N) is 1. The Balaban J connectivity index is 1.71. The van der Waals surface area contributed by atoms with Gasteiger partial charge < -0.3 is 10.4 Å². The van der Waals surface area contributed by atoms with Crippen LogP contribution >= 0.6 is 11.5 Å². The van der Waals surface area contributed by atoms with E-state index in [9.17, 15) is 9.90 Å². The zero-order valence-corrected chi connectivity index (χ0v) is 11.3. The number of hydrogen-bond donors (Lipinski definition) is 2. The zero-order chi connectivity index (χ0) is 13.2. The number of aliphatic carboxylic acids is 1. The molecule has 100 valence electrons. The highest BCUT2D eigenvalue weighted by molar-refractivity contribution is 7.11. The molecule has 1 aliphatic rings. The van der Waals surface area contributed by atoms with Gasteiger partial charge in [0.1, 0.15) is 5.00 Å². The molecule has 2 N–H and O–H groups in total.